The number of carbonyl (C=O) groups excluding carboxylic acids is 1. The average molecular weight is 377 g/mol. The molecule has 1 N–H and O–H groups in total. The SMILES string of the molecule is CCC(NC(=O)c1csc(I)c1)C1CCCCC1. The lowest BCUT2D eigenvalue weighted by molar-refractivity contribution is 0.0911. The Morgan fingerprint density at radius 2 is 2.22 bits per heavy atom. The first-order valence-electron chi connectivity index (χ1n) is 6.75. The summed E-state index contributed by atoms with van der Waals surface area (Å²) in [7, 11) is 0. The van der Waals surface area contributed by atoms with Gasteiger partial charge in [0, 0.05) is 11.4 Å². The van der Waals surface area contributed by atoms with Crippen LogP contribution in [0.25, 0.3) is 0 Å². The van der Waals surface area contributed by atoms with Crippen LogP contribution in [0.2, 0.25) is 0 Å². The Kier molecular flexibility index (Phi) is 5.48. The van der Waals surface area contributed by atoms with Crippen molar-refractivity contribution < 1.29 is 4.79 Å². The minimum absolute atomic E-state index is 0.103. The molecule has 1 aromatic rings. The third kappa shape index (κ3) is 3.70. The summed E-state index contributed by atoms with van der Waals surface area (Å²) in [6.07, 6.45) is 7.61. The van der Waals surface area contributed by atoms with Gasteiger partial charge in [-0.1, -0.05) is 26.2 Å². The van der Waals surface area contributed by atoms with Gasteiger partial charge in [-0.15, -0.1) is 11.3 Å². The van der Waals surface area contributed by atoms with Crippen LogP contribution in [0.5, 0.6) is 0 Å². The second-order valence-corrected chi connectivity index (χ2v) is 7.83. The van der Waals surface area contributed by atoms with Crippen molar-refractivity contribution in [3.8, 4) is 0 Å². The normalized spacial score (nSPS) is 18.6. The van der Waals surface area contributed by atoms with E-state index in [4.69, 9.17) is 0 Å². The van der Waals surface area contributed by atoms with Crippen molar-refractivity contribution in [2.45, 2.75) is 51.5 Å². The predicted octanol–water partition coefficient (Wildman–Crippen LogP) is 4.44. The molecule has 0 bridgehead atoms. The van der Waals surface area contributed by atoms with Crippen molar-refractivity contribution in [1.29, 1.82) is 0 Å². The largest absolute Gasteiger partial charge is 0.349 e. The third-order valence-corrected chi connectivity index (χ3v) is 5.59. The molecule has 1 unspecified atom stereocenters. The lowest BCUT2D eigenvalue weighted by atomic mass is 9.83. The van der Waals surface area contributed by atoms with Crippen molar-refractivity contribution in [3.05, 3.63) is 19.9 Å². The first-order valence-corrected chi connectivity index (χ1v) is 8.71. The Bertz CT molecular complexity index is 398. The molecule has 1 aliphatic rings. The molecule has 1 fully saturated rings. The Balaban J connectivity index is 1.95. The molecule has 0 aromatic carbocycles. The number of rotatable bonds is 4. The molecule has 2 nitrogen and oxygen atoms in total. The van der Waals surface area contributed by atoms with Gasteiger partial charge >= 0.3 is 0 Å². The summed E-state index contributed by atoms with van der Waals surface area (Å²) in [5, 5.41) is 5.18. The summed E-state index contributed by atoms with van der Waals surface area (Å²) in [6, 6.07) is 2.32. The zero-order chi connectivity index (χ0) is 13.0. The fourth-order valence-electron chi connectivity index (χ4n) is 2.77. The standard InChI is InChI=1S/C14H20INOS/c1-2-12(10-6-4-3-5-7-10)16-14(17)11-8-13(15)18-9-11/h8-10,12H,2-7H2,1H3,(H,16,17). The van der Waals surface area contributed by atoms with Gasteiger partial charge in [-0.2, -0.15) is 0 Å². The van der Waals surface area contributed by atoms with Gasteiger partial charge in [0.05, 0.1) is 8.45 Å². The van der Waals surface area contributed by atoms with E-state index in [9.17, 15) is 4.79 Å². The van der Waals surface area contributed by atoms with Gasteiger partial charge < -0.3 is 5.32 Å². The van der Waals surface area contributed by atoms with E-state index >= 15 is 0 Å². The van der Waals surface area contributed by atoms with Crippen LogP contribution in [-0.4, -0.2) is 11.9 Å². The molecule has 0 radical (unpaired) electrons. The van der Waals surface area contributed by atoms with Crippen molar-refractivity contribution in [2.24, 2.45) is 5.92 Å². The van der Waals surface area contributed by atoms with E-state index in [2.05, 4.69) is 34.8 Å². The molecule has 0 spiro atoms. The molecule has 2 rings (SSSR count). The maximum atomic E-state index is 12.2. The van der Waals surface area contributed by atoms with E-state index < -0.39 is 0 Å². The lowest BCUT2D eigenvalue weighted by Crippen LogP contribution is -2.40. The van der Waals surface area contributed by atoms with Gasteiger partial charge in [-0.05, 0) is 53.8 Å². The molecule has 1 amide bonds. The van der Waals surface area contributed by atoms with Crippen molar-refractivity contribution in [2.75, 3.05) is 0 Å². The molecule has 0 saturated heterocycles. The highest BCUT2D eigenvalue weighted by atomic mass is 127. The van der Waals surface area contributed by atoms with E-state index in [1.54, 1.807) is 11.3 Å². The van der Waals surface area contributed by atoms with Crippen LogP contribution in [0.3, 0.4) is 0 Å². The van der Waals surface area contributed by atoms with Crippen LogP contribution in [0.4, 0.5) is 0 Å². The maximum Gasteiger partial charge on any atom is 0.252 e. The molecular weight excluding hydrogens is 357 g/mol. The lowest BCUT2D eigenvalue weighted by Gasteiger charge is -2.30. The zero-order valence-corrected chi connectivity index (χ0v) is 13.7. The molecule has 1 aliphatic carbocycles. The van der Waals surface area contributed by atoms with Gasteiger partial charge in [0.15, 0.2) is 0 Å². The first-order chi connectivity index (χ1) is 8.70. The second kappa shape index (κ2) is 6.89. The molecule has 1 aromatic heterocycles. The zero-order valence-electron chi connectivity index (χ0n) is 10.7. The van der Waals surface area contributed by atoms with Crippen LogP contribution in [0.15, 0.2) is 11.4 Å². The van der Waals surface area contributed by atoms with E-state index in [0.717, 1.165) is 12.0 Å². The summed E-state index contributed by atoms with van der Waals surface area (Å²) in [5.41, 5.74) is 0.818. The summed E-state index contributed by atoms with van der Waals surface area (Å²) in [4.78, 5) is 12.2. The number of thiophene rings is 1. The smallest absolute Gasteiger partial charge is 0.252 e. The van der Waals surface area contributed by atoms with Crippen LogP contribution in [0.1, 0.15) is 55.8 Å². The molecule has 0 aliphatic heterocycles. The molecule has 1 atom stereocenters. The fraction of sp³-hybridized carbons (Fsp3) is 0.643. The maximum absolute atomic E-state index is 12.2. The Labute approximate surface area is 127 Å². The number of amides is 1. The Morgan fingerprint density at radius 3 is 2.78 bits per heavy atom. The van der Waals surface area contributed by atoms with Gasteiger partial charge in [0.2, 0.25) is 0 Å². The topological polar surface area (TPSA) is 29.1 Å². The van der Waals surface area contributed by atoms with E-state index in [-0.39, 0.29) is 5.91 Å². The Hall–Kier alpha value is -0.100. The van der Waals surface area contributed by atoms with Crippen molar-refractivity contribution >= 4 is 39.8 Å². The summed E-state index contributed by atoms with van der Waals surface area (Å²) >= 11 is 3.89. The highest BCUT2D eigenvalue weighted by Gasteiger charge is 2.24. The van der Waals surface area contributed by atoms with Crippen molar-refractivity contribution in [1.82, 2.24) is 5.32 Å². The minimum atomic E-state index is 0.103. The van der Waals surface area contributed by atoms with E-state index in [0.29, 0.717) is 12.0 Å². The molecule has 4 heteroatoms. The van der Waals surface area contributed by atoms with Crippen molar-refractivity contribution in [3.63, 3.8) is 0 Å². The molecular formula is C14H20INOS. The molecule has 1 saturated carbocycles. The number of halogens is 1. The van der Waals surface area contributed by atoms with Gasteiger partial charge in [-0.3, -0.25) is 4.79 Å². The van der Waals surface area contributed by atoms with Crippen LogP contribution in [-0.2, 0) is 0 Å². The molecule has 1 heterocycles. The quantitative estimate of drug-likeness (QED) is 0.773. The van der Waals surface area contributed by atoms with Crippen LogP contribution < -0.4 is 5.32 Å². The molecule has 100 valence electrons. The van der Waals surface area contributed by atoms with E-state index in [1.807, 2.05) is 11.4 Å². The van der Waals surface area contributed by atoms with Crippen LogP contribution in [0, 0.1) is 8.80 Å². The predicted molar refractivity (Wildman–Crippen MR) is 85.2 cm³/mol. The minimum Gasteiger partial charge on any atom is -0.349 e. The Morgan fingerprint density at radius 1 is 1.50 bits per heavy atom. The number of carbonyl (C=O) groups is 1. The second-order valence-electron chi connectivity index (χ2n) is 5.03. The highest BCUT2D eigenvalue weighted by molar-refractivity contribution is 14.1. The third-order valence-electron chi connectivity index (χ3n) is 3.80. The monoisotopic (exact) mass is 377 g/mol. The number of hydrogen-bond acceptors (Lipinski definition) is 2. The average Bonchev–Trinajstić information content (AvgIpc) is 2.83. The van der Waals surface area contributed by atoms with Gasteiger partial charge in [0.25, 0.3) is 5.91 Å². The number of nitrogens with one attached hydrogen (secondary N) is 1. The molecule has 18 heavy (non-hydrogen) atoms. The van der Waals surface area contributed by atoms with Gasteiger partial charge in [-0.25, -0.2) is 0 Å². The first kappa shape index (κ1) is 14.3. The van der Waals surface area contributed by atoms with E-state index in [1.165, 1.54) is 35.0 Å². The summed E-state index contributed by atoms with van der Waals surface area (Å²) in [6.45, 7) is 2.18. The number of hydrogen-bond donors (Lipinski definition) is 1. The fourth-order valence-corrected chi connectivity index (χ4v) is 4.10. The summed E-state index contributed by atoms with van der Waals surface area (Å²) in [5.74, 6) is 0.789. The van der Waals surface area contributed by atoms with Crippen LogP contribution >= 0.6 is 33.9 Å². The summed E-state index contributed by atoms with van der Waals surface area (Å²) < 4.78 is 1.17. The van der Waals surface area contributed by atoms with Gasteiger partial charge in [0.1, 0.15) is 0 Å². The highest BCUT2D eigenvalue weighted by Crippen LogP contribution is 2.28.